The number of ether oxygens (including phenoxy) is 1. The van der Waals surface area contributed by atoms with E-state index in [9.17, 15) is 0 Å². The molecule has 0 bridgehead atoms. The number of hydrogen-bond acceptors (Lipinski definition) is 3. The number of anilines is 1. The van der Waals surface area contributed by atoms with E-state index >= 15 is 0 Å². The van der Waals surface area contributed by atoms with Crippen LogP contribution in [0.15, 0.2) is 18.2 Å². The molecular formula is C17H27ClN2O. The summed E-state index contributed by atoms with van der Waals surface area (Å²) in [4.78, 5) is 2.40. The van der Waals surface area contributed by atoms with Crippen LogP contribution in [-0.2, 0) is 11.3 Å². The molecule has 1 fully saturated rings. The molecule has 0 spiro atoms. The lowest BCUT2D eigenvalue weighted by Crippen LogP contribution is -2.36. The van der Waals surface area contributed by atoms with E-state index in [4.69, 9.17) is 16.3 Å². The van der Waals surface area contributed by atoms with E-state index in [0.29, 0.717) is 12.0 Å². The SMILES string of the molecule is COC1CCN(c2ccc(CNCC(C)C)c(Cl)c2)CC1. The van der Waals surface area contributed by atoms with Crippen molar-refractivity contribution in [2.75, 3.05) is 31.6 Å². The molecular weight excluding hydrogens is 284 g/mol. The Morgan fingerprint density at radius 3 is 2.62 bits per heavy atom. The molecule has 0 aromatic heterocycles. The number of benzene rings is 1. The van der Waals surface area contributed by atoms with Crippen molar-refractivity contribution in [1.29, 1.82) is 0 Å². The lowest BCUT2D eigenvalue weighted by atomic mass is 10.1. The summed E-state index contributed by atoms with van der Waals surface area (Å²) in [5.74, 6) is 0.658. The van der Waals surface area contributed by atoms with Crippen LogP contribution in [0.2, 0.25) is 5.02 Å². The Morgan fingerprint density at radius 2 is 2.05 bits per heavy atom. The molecule has 1 aliphatic heterocycles. The van der Waals surface area contributed by atoms with Gasteiger partial charge in [0.15, 0.2) is 0 Å². The number of nitrogens with one attached hydrogen (secondary N) is 1. The van der Waals surface area contributed by atoms with Gasteiger partial charge in [-0.1, -0.05) is 31.5 Å². The van der Waals surface area contributed by atoms with E-state index in [1.807, 2.05) is 0 Å². The molecule has 21 heavy (non-hydrogen) atoms. The van der Waals surface area contributed by atoms with Gasteiger partial charge >= 0.3 is 0 Å². The summed E-state index contributed by atoms with van der Waals surface area (Å²) < 4.78 is 5.42. The standard InChI is InChI=1S/C17H27ClN2O/c1-13(2)11-19-12-14-4-5-15(10-17(14)18)20-8-6-16(21-3)7-9-20/h4-5,10,13,16,19H,6-9,11-12H2,1-3H3. The fraction of sp³-hybridized carbons (Fsp3) is 0.647. The third kappa shape index (κ3) is 4.87. The van der Waals surface area contributed by atoms with Gasteiger partial charge in [0.2, 0.25) is 0 Å². The monoisotopic (exact) mass is 310 g/mol. The highest BCUT2D eigenvalue weighted by Crippen LogP contribution is 2.26. The molecule has 0 radical (unpaired) electrons. The molecule has 0 unspecified atom stereocenters. The van der Waals surface area contributed by atoms with Crippen molar-refractivity contribution in [2.45, 2.75) is 39.3 Å². The van der Waals surface area contributed by atoms with Crippen molar-refractivity contribution in [2.24, 2.45) is 5.92 Å². The van der Waals surface area contributed by atoms with Crippen molar-refractivity contribution in [3.8, 4) is 0 Å². The minimum atomic E-state index is 0.413. The summed E-state index contributed by atoms with van der Waals surface area (Å²) in [5, 5.41) is 4.30. The Kier molecular flexibility index (Phi) is 6.34. The highest BCUT2D eigenvalue weighted by molar-refractivity contribution is 6.31. The third-order valence-corrected chi connectivity index (χ3v) is 4.40. The van der Waals surface area contributed by atoms with Crippen LogP contribution in [0.3, 0.4) is 0 Å². The van der Waals surface area contributed by atoms with Crippen LogP contribution in [0.25, 0.3) is 0 Å². The van der Waals surface area contributed by atoms with Crippen LogP contribution in [-0.4, -0.2) is 32.8 Å². The highest BCUT2D eigenvalue weighted by Gasteiger charge is 2.19. The Morgan fingerprint density at radius 1 is 1.33 bits per heavy atom. The first-order chi connectivity index (χ1) is 10.1. The van der Waals surface area contributed by atoms with E-state index in [-0.39, 0.29) is 0 Å². The van der Waals surface area contributed by atoms with Crippen LogP contribution in [0, 0.1) is 5.92 Å². The van der Waals surface area contributed by atoms with Crippen LogP contribution in [0.5, 0.6) is 0 Å². The van der Waals surface area contributed by atoms with E-state index in [0.717, 1.165) is 44.0 Å². The second-order valence-corrected chi connectivity index (χ2v) is 6.63. The maximum absolute atomic E-state index is 6.43. The molecule has 118 valence electrons. The lowest BCUT2D eigenvalue weighted by molar-refractivity contribution is 0.0819. The Bertz CT molecular complexity index is 442. The van der Waals surface area contributed by atoms with Gasteiger partial charge in [0, 0.05) is 37.5 Å². The molecule has 0 saturated carbocycles. The van der Waals surface area contributed by atoms with Gasteiger partial charge in [-0.3, -0.25) is 0 Å². The summed E-state index contributed by atoms with van der Waals surface area (Å²) in [5.41, 5.74) is 2.40. The van der Waals surface area contributed by atoms with Gasteiger partial charge in [-0.2, -0.15) is 0 Å². The van der Waals surface area contributed by atoms with Crippen molar-refractivity contribution in [3.63, 3.8) is 0 Å². The van der Waals surface area contributed by atoms with Crippen LogP contribution < -0.4 is 10.2 Å². The van der Waals surface area contributed by atoms with Gasteiger partial charge in [-0.05, 0) is 43.0 Å². The summed E-state index contributed by atoms with van der Waals surface area (Å²) in [7, 11) is 1.80. The van der Waals surface area contributed by atoms with E-state index in [1.165, 1.54) is 11.3 Å². The lowest BCUT2D eigenvalue weighted by Gasteiger charge is -2.33. The molecule has 1 N–H and O–H groups in total. The fourth-order valence-electron chi connectivity index (χ4n) is 2.72. The molecule has 2 rings (SSSR count). The number of halogens is 1. The van der Waals surface area contributed by atoms with Gasteiger partial charge < -0.3 is 15.0 Å². The third-order valence-electron chi connectivity index (χ3n) is 4.05. The van der Waals surface area contributed by atoms with Gasteiger partial charge in [0.05, 0.1) is 6.10 Å². The summed E-state index contributed by atoms with van der Waals surface area (Å²) >= 11 is 6.43. The minimum Gasteiger partial charge on any atom is -0.381 e. The van der Waals surface area contributed by atoms with Gasteiger partial charge in [-0.15, -0.1) is 0 Å². The molecule has 0 aliphatic carbocycles. The molecule has 1 aromatic rings. The zero-order valence-corrected chi connectivity index (χ0v) is 14.1. The Balaban J connectivity index is 1.92. The molecule has 0 atom stereocenters. The van der Waals surface area contributed by atoms with Crippen LogP contribution in [0.1, 0.15) is 32.3 Å². The quantitative estimate of drug-likeness (QED) is 0.867. The predicted octanol–water partition coefficient (Wildman–Crippen LogP) is 3.70. The molecule has 1 aliphatic rings. The summed E-state index contributed by atoms with van der Waals surface area (Å²) in [6.07, 6.45) is 2.59. The first-order valence-corrected chi connectivity index (χ1v) is 8.25. The van der Waals surface area contributed by atoms with Gasteiger partial charge in [0.1, 0.15) is 0 Å². The minimum absolute atomic E-state index is 0.413. The van der Waals surface area contributed by atoms with Gasteiger partial charge in [0.25, 0.3) is 0 Å². The first kappa shape index (κ1) is 16.6. The predicted molar refractivity (Wildman–Crippen MR) is 90.2 cm³/mol. The van der Waals surface area contributed by atoms with Crippen molar-refractivity contribution in [1.82, 2.24) is 5.32 Å². The summed E-state index contributed by atoms with van der Waals surface area (Å²) in [6.45, 7) is 8.36. The molecule has 1 saturated heterocycles. The molecule has 0 amide bonds. The van der Waals surface area contributed by atoms with Crippen molar-refractivity contribution in [3.05, 3.63) is 28.8 Å². The maximum atomic E-state index is 6.43. The van der Waals surface area contributed by atoms with Crippen molar-refractivity contribution >= 4 is 17.3 Å². The average Bonchev–Trinajstić information content (AvgIpc) is 2.48. The molecule has 1 aromatic carbocycles. The number of hydrogen-bond donors (Lipinski definition) is 1. The number of rotatable bonds is 6. The Labute approximate surface area is 133 Å². The zero-order valence-electron chi connectivity index (χ0n) is 13.4. The van der Waals surface area contributed by atoms with E-state index in [2.05, 4.69) is 42.3 Å². The van der Waals surface area contributed by atoms with Crippen LogP contribution >= 0.6 is 11.6 Å². The number of piperidine rings is 1. The van der Waals surface area contributed by atoms with Crippen molar-refractivity contribution < 1.29 is 4.74 Å². The average molecular weight is 311 g/mol. The second kappa shape index (κ2) is 8.02. The maximum Gasteiger partial charge on any atom is 0.0605 e. The number of nitrogens with zero attached hydrogens (tertiary/aromatic N) is 1. The Hall–Kier alpha value is -0.770. The summed E-state index contributed by atoms with van der Waals surface area (Å²) in [6, 6.07) is 6.43. The molecule has 1 heterocycles. The van der Waals surface area contributed by atoms with Gasteiger partial charge in [-0.25, -0.2) is 0 Å². The van der Waals surface area contributed by atoms with E-state index < -0.39 is 0 Å². The fourth-order valence-corrected chi connectivity index (χ4v) is 2.96. The smallest absolute Gasteiger partial charge is 0.0605 e. The number of methoxy groups -OCH3 is 1. The highest BCUT2D eigenvalue weighted by atomic mass is 35.5. The molecule has 3 nitrogen and oxygen atoms in total. The molecule has 4 heteroatoms. The topological polar surface area (TPSA) is 24.5 Å². The zero-order chi connectivity index (χ0) is 15.2. The van der Waals surface area contributed by atoms with E-state index in [1.54, 1.807) is 7.11 Å². The normalized spacial score (nSPS) is 16.7. The first-order valence-electron chi connectivity index (χ1n) is 7.87. The largest absolute Gasteiger partial charge is 0.381 e. The second-order valence-electron chi connectivity index (χ2n) is 6.22. The van der Waals surface area contributed by atoms with Crippen LogP contribution in [0.4, 0.5) is 5.69 Å².